The van der Waals surface area contributed by atoms with Crippen LogP contribution in [0.1, 0.15) is 0 Å². The Hall–Kier alpha value is -2.99. The molecule has 23 heavy (non-hydrogen) atoms. The minimum Gasteiger partial charge on any atom is -0.401 e. The molecule has 2 aromatic carbocycles. The topological polar surface area (TPSA) is 92.8 Å². The molecule has 4 N–H and O–H groups in total. The molecule has 2 aromatic heterocycles. The number of hydrogen-bond acceptors (Lipinski definition) is 5. The van der Waals surface area contributed by atoms with E-state index in [1.165, 1.54) is 0 Å². The molecule has 0 saturated carbocycles. The van der Waals surface area contributed by atoms with Crippen LogP contribution in [-0.2, 0) is 0 Å². The summed E-state index contributed by atoms with van der Waals surface area (Å²) in [5.41, 5.74) is 9.08. The number of nitrogens with two attached hydrogens (primary N) is 1. The highest BCUT2D eigenvalue weighted by Gasteiger charge is 2.16. The summed E-state index contributed by atoms with van der Waals surface area (Å²) in [5.74, 6) is 0.329. The summed E-state index contributed by atoms with van der Waals surface area (Å²) in [4.78, 5) is 3.20. The van der Waals surface area contributed by atoms with E-state index in [0.29, 0.717) is 22.3 Å². The van der Waals surface area contributed by atoms with Crippen LogP contribution in [-0.4, -0.2) is 15.2 Å². The Bertz CT molecular complexity index is 974. The van der Waals surface area contributed by atoms with Crippen molar-refractivity contribution in [2.45, 2.75) is 0 Å². The summed E-state index contributed by atoms with van der Waals surface area (Å²) >= 11 is 5.86. The Morgan fingerprint density at radius 1 is 1.04 bits per heavy atom. The second-order valence-corrected chi connectivity index (χ2v) is 5.44. The molecule has 114 valence electrons. The molecule has 0 unspecified atom stereocenters. The van der Waals surface area contributed by atoms with Crippen molar-refractivity contribution in [1.29, 1.82) is 0 Å². The number of benzene rings is 2. The van der Waals surface area contributed by atoms with Gasteiger partial charge in [-0.2, -0.15) is 0 Å². The van der Waals surface area contributed by atoms with Crippen molar-refractivity contribution in [3.05, 3.63) is 53.6 Å². The van der Waals surface area contributed by atoms with Crippen LogP contribution in [0.5, 0.6) is 0 Å². The third kappa shape index (κ3) is 2.49. The SMILES string of the molecule is Nc1c(-c2nnc(Nc3ccc(Cl)cc3)o2)[nH]c2ccccc12. The molecule has 2 heterocycles. The van der Waals surface area contributed by atoms with Gasteiger partial charge in [-0.1, -0.05) is 34.9 Å². The minimum atomic E-state index is 0.278. The molecular weight excluding hydrogens is 314 g/mol. The molecule has 6 nitrogen and oxygen atoms in total. The predicted octanol–water partition coefficient (Wildman–Crippen LogP) is 4.20. The Morgan fingerprint density at radius 2 is 1.83 bits per heavy atom. The lowest BCUT2D eigenvalue weighted by Gasteiger charge is -2.00. The lowest BCUT2D eigenvalue weighted by atomic mass is 10.2. The van der Waals surface area contributed by atoms with E-state index >= 15 is 0 Å². The zero-order valence-electron chi connectivity index (χ0n) is 11.9. The number of nitrogens with one attached hydrogen (secondary N) is 2. The maximum absolute atomic E-state index is 6.16. The summed E-state index contributed by atoms with van der Waals surface area (Å²) in [5, 5.41) is 12.6. The number of para-hydroxylation sites is 1. The highest BCUT2D eigenvalue weighted by molar-refractivity contribution is 6.30. The molecule has 7 heteroatoms. The fourth-order valence-corrected chi connectivity index (χ4v) is 2.49. The van der Waals surface area contributed by atoms with Gasteiger partial charge in [0.25, 0.3) is 5.89 Å². The normalized spacial score (nSPS) is 11.0. The zero-order valence-corrected chi connectivity index (χ0v) is 12.6. The molecule has 0 fully saturated rings. The number of rotatable bonds is 3. The third-order valence-corrected chi connectivity index (χ3v) is 3.73. The molecule has 0 aliphatic rings. The first-order valence-corrected chi connectivity index (χ1v) is 7.31. The monoisotopic (exact) mass is 325 g/mol. The summed E-state index contributed by atoms with van der Waals surface area (Å²) in [6.07, 6.45) is 0. The van der Waals surface area contributed by atoms with E-state index < -0.39 is 0 Å². The average molecular weight is 326 g/mol. The molecule has 0 amide bonds. The molecule has 0 radical (unpaired) electrons. The Labute approximate surface area is 136 Å². The van der Waals surface area contributed by atoms with E-state index in [4.69, 9.17) is 21.8 Å². The first-order valence-electron chi connectivity index (χ1n) is 6.93. The maximum Gasteiger partial charge on any atom is 0.320 e. The highest BCUT2D eigenvalue weighted by atomic mass is 35.5. The molecule has 0 atom stereocenters. The molecule has 0 aliphatic heterocycles. The van der Waals surface area contributed by atoms with Crippen molar-refractivity contribution < 1.29 is 4.42 Å². The van der Waals surface area contributed by atoms with E-state index in [1.54, 1.807) is 12.1 Å². The van der Waals surface area contributed by atoms with Gasteiger partial charge in [-0.15, -0.1) is 5.10 Å². The van der Waals surface area contributed by atoms with E-state index in [2.05, 4.69) is 20.5 Å². The molecule has 4 aromatic rings. The number of fused-ring (bicyclic) bond motifs is 1. The number of H-pyrrole nitrogens is 1. The van der Waals surface area contributed by atoms with Crippen molar-refractivity contribution in [3.63, 3.8) is 0 Å². The lowest BCUT2D eigenvalue weighted by Crippen LogP contribution is -1.89. The highest BCUT2D eigenvalue weighted by Crippen LogP contribution is 2.32. The number of halogens is 1. The van der Waals surface area contributed by atoms with Crippen LogP contribution in [0.25, 0.3) is 22.5 Å². The first-order chi connectivity index (χ1) is 11.2. The first kappa shape index (κ1) is 13.7. The summed E-state index contributed by atoms with van der Waals surface area (Å²) < 4.78 is 5.64. The number of aromatic nitrogens is 3. The number of nitrogen functional groups attached to an aromatic ring is 1. The van der Waals surface area contributed by atoms with Crippen LogP contribution in [0.15, 0.2) is 52.9 Å². The lowest BCUT2D eigenvalue weighted by molar-refractivity contribution is 0.586. The maximum atomic E-state index is 6.16. The van der Waals surface area contributed by atoms with Gasteiger partial charge in [0.1, 0.15) is 5.69 Å². The van der Waals surface area contributed by atoms with Crippen LogP contribution in [0, 0.1) is 0 Å². The van der Waals surface area contributed by atoms with Gasteiger partial charge in [0.15, 0.2) is 0 Å². The fourth-order valence-electron chi connectivity index (χ4n) is 2.36. The number of hydrogen-bond donors (Lipinski definition) is 3. The van der Waals surface area contributed by atoms with E-state index in [-0.39, 0.29) is 6.01 Å². The third-order valence-electron chi connectivity index (χ3n) is 3.48. The zero-order chi connectivity index (χ0) is 15.8. The summed E-state index contributed by atoms with van der Waals surface area (Å²) in [7, 11) is 0. The van der Waals surface area contributed by atoms with Gasteiger partial charge in [-0.3, -0.25) is 0 Å². The van der Waals surface area contributed by atoms with Crippen LogP contribution in [0.2, 0.25) is 5.02 Å². The quantitative estimate of drug-likeness (QED) is 0.525. The van der Waals surface area contributed by atoms with Gasteiger partial charge in [-0.05, 0) is 30.3 Å². The Morgan fingerprint density at radius 3 is 2.61 bits per heavy atom. The number of anilines is 3. The van der Waals surface area contributed by atoms with Gasteiger partial charge < -0.3 is 20.5 Å². The second kappa shape index (κ2) is 5.33. The van der Waals surface area contributed by atoms with Gasteiger partial charge in [0.05, 0.1) is 5.69 Å². The molecule has 4 rings (SSSR count). The summed E-state index contributed by atoms with van der Waals surface area (Å²) in [6, 6.07) is 15.2. The minimum absolute atomic E-state index is 0.278. The molecule has 0 spiro atoms. The van der Waals surface area contributed by atoms with Crippen molar-refractivity contribution >= 4 is 39.9 Å². The van der Waals surface area contributed by atoms with Crippen molar-refractivity contribution in [2.24, 2.45) is 0 Å². The second-order valence-electron chi connectivity index (χ2n) is 5.00. The standard InChI is InChI=1S/C16H12ClN5O/c17-9-5-7-10(8-6-9)19-16-22-21-15(23-16)14-13(18)11-3-1-2-4-12(11)20-14/h1-8,20H,18H2,(H,19,22). The number of aromatic amines is 1. The smallest absolute Gasteiger partial charge is 0.320 e. The largest absolute Gasteiger partial charge is 0.401 e. The van der Waals surface area contributed by atoms with E-state index in [0.717, 1.165) is 16.6 Å². The van der Waals surface area contributed by atoms with E-state index in [9.17, 15) is 0 Å². The van der Waals surface area contributed by atoms with Crippen LogP contribution >= 0.6 is 11.6 Å². The average Bonchev–Trinajstić information content (AvgIpc) is 3.15. The molecule has 0 aliphatic carbocycles. The fraction of sp³-hybridized carbons (Fsp3) is 0. The van der Waals surface area contributed by atoms with Crippen LogP contribution in [0.4, 0.5) is 17.4 Å². The van der Waals surface area contributed by atoms with Gasteiger partial charge in [-0.25, -0.2) is 0 Å². The van der Waals surface area contributed by atoms with Gasteiger partial charge in [0.2, 0.25) is 0 Å². The van der Waals surface area contributed by atoms with Gasteiger partial charge >= 0.3 is 6.01 Å². The van der Waals surface area contributed by atoms with Crippen LogP contribution < -0.4 is 11.1 Å². The number of nitrogens with zero attached hydrogens (tertiary/aromatic N) is 2. The molecular formula is C16H12ClN5O. The predicted molar refractivity (Wildman–Crippen MR) is 90.7 cm³/mol. The Kier molecular flexibility index (Phi) is 3.17. The summed E-state index contributed by atoms with van der Waals surface area (Å²) in [6.45, 7) is 0. The van der Waals surface area contributed by atoms with Crippen LogP contribution in [0.3, 0.4) is 0 Å². The van der Waals surface area contributed by atoms with Crippen molar-refractivity contribution in [3.8, 4) is 11.6 Å². The molecule has 0 saturated heterocycles. The van der Waals surface area contributed by atoms with E-state index in [1.807, 2.05) is 36.4 Å². The van der Waals surface area contributed by atoms with Crippen molar-refractivity contribution in [1.82, 2.24) is 15.2 Å². The van der Waals surface area contributed by atoms with Gasteiger partial charge in [0, 0.05) is 21.6 Å². The molecule has 0 bridgehead atoms. The van der Waals surface area contributed by atoms with Crippen molar-refractivity contribution in [2.75, 3.05) is 11.1 Å². The Balaban J connectivity index is 1.66.